The summed E-state index contributed by atoms with van der Waals surface area (Å²) < 4.78 is 18.2. The number of nitrogens with two attached hydrogens (primary N) is 1. The van der Waals surface area contributed by atoms with Gasteiger partial charge in [-0.25, -0.2) is 4.39 Å². The Morgan fingerprint density at radius 3 is 2.67 bits per heavy atom. The maximum Gasteiger partial charge on any atom is 0.255 e. The highest BCUT2D eigenvalue weighted by Gasteiger charge is 2.12. The van der Waals surface area contributed by atoms with E-state index in [-0.39, 0.29) is 16.3 Å². The average Bonchev–Trinajstić information content (AvgIpc) is 2.48. The number of hydrogen-bond acceptors (Lipinski definition) is 3. The maximum absolute atomic E-state index is 13.3. The zero-order chi connectivity index (χ0) is 15.4. The minimum atomic E-state index is -0.530. The van der Waals surface area contributed by atoms with Crippen molar-refractivity contribution in [3.8, 4) is 5.75 Å². The topological polar surface area (TPSA) is 64.3 Å². The molecule has 4 nitrogen and oxygen atoms in total. The highest BCUT2D eigenvalue weighted by Crippen LogP contribution is 2.20. The number of ether oxygens (including phenoxy) is 1. The van der Waals surface area contributed by atoms with E-state index in [4.69, 9.17) is 22.7 Å². The van der Waals surface area contributed by atoms with Crippen LogP contribution < -0.4 is 15.8 Å². The Kier molecular flexibility index (Phi) is 4.49. The van der Waals surface area contributed by atoms with Crippen LogP contribution in [0.2, 0.25) is 0 Å². The third kappa shape index (κ3) is 3.35. The Labute approximate surface area is 126 Å². The summed E-state index contributed by atoms with van der Waals surface area (Å²) in [5.74, 6) is -0.931. The van der Waals surface area contributed by atoms with E-state index in [1.165, 1.54) is 25.3 Å². The van der Waals surface area contributed by atoms with Crippen molar-refractivity contribution in [3.05, 3.63) is 59.4 Å². The van der Waals surface area contributed by atoms with E-state index in [1.54, 1.807) is 24.3 Å². The molecule has 0 aliphatic carbocycles. The summed E-state index contributed by atoms with van der Waals surface area (Å²) in [6, 6.07) is 10.8. The number of para-hydroxylation sites is 1. The van der Waals surface area contributed by atoms with Gasteiger partial charge in [-0.3, -0.25) is 4.79 Å². The zero-order valence-electron chi connectivity index (χ0n) is 11.2. The van der Waals surface area contributed by atoms with Crippen LogP contribution in [0.25, 0.3) is 0 Å². The van der Waals surface area contributed by atoms with Crippen LogP contribution in [0, 0.1) is 5.82 Å². The molecule has 0 fully saturated rings. The number of carbonyl (C=O) groups excluding carboxylic acids is 1. The molecule has 0 aliphatic rings. The van der Waals surface area contributed by atoms with Crippen molar-refractivity contribution >= 4 is 28.8 Å². The smallest absolute Gasteiger partial charge is 0.255 e. The predicted molar refractivity (Wildman–Crippen MR) is 83.2 cm³/mol. The molecule has 0 aliphatic heterocycles. The number of halogens is 1. The maximum atomic E-state index is 13.3. The summed E-state index contributed by atoms with van der Waals surface area (Å²) in [5, 5.41) is 2.69. The van der Waals surface area contributed by atoms with Gasteiger partial charge < -0.3 is 15.8 Å². The van der Waals surface area contributed by atoms with Gasteiger partial charge in [0, 0.05) is 11.1 Å². The molecule has 0 unspecified atom stereocenters. The molecule has 108 valence electrons. The monoisotopic (exact) mass is 304 g/mol. The lowest BCUT2D eigenvalue weighted by Crippen LogP contribution is -2.17. The number of anilines is 1. The molecule has 1 amide bonds. The second-order valence-electron chi connectivity index (χ2n) is 4.21. The molecule has 0 saturated heterocycles. The number of carbonyl (C=O) groups is 1. The first-order valence-electron chi connectivity index (χ1n) is 6.06. The minimum Gasteiger partial charge on any atom is -0.494 e. The molecule has 3 N–H and O–H groups in total. The molecule has 0 heterocycles. The summed E-state index contributed by atoms with van der Waals surface area (Å²) in [6.07, 6.45) is 0. The van der Waals surface area contributed by atoms with Gasteiger partial charge in [-0.15, -0.1) is 0 Å². The van der Waals surface area contributed by atoms with Crippen molar-refractivity contribution in [2.24, 2.45) is 5.73 Å². The van der Waals surface area contributed by atoms with E-state index < -0.39 is 11.7 Å². The fraction of sp³-hybridized carbons (Fsp3) is 0.0667. The Morgan fingerprint density at radius 2 is 2.00 bits per heavy atom. The fourth-order valence-corrected chi connectivity index (χ4v) is 1.98. The van der Waals surface area contributed by atoms with Crippen molar-refractivity contribution in [2.75, 3.05) is 12.4 Å². The van der Waals surface area contributed by atoms with Gasteiger partial charge in [0.05, 0.1) is 12.8 Å². The normalized spacial score (nSPS) is 10.0. The molecular weight excluding hydrogens is 291 g/mol. The van der Waals surface area contributed by atoms with Crippen LogP contribution in [0.15, 0.2) is 42.5 Å². The Bertz CT molecular complexity index is 704. The lowest BCUT2D eigenvalue weighted by Gasteiger charge is -2.10. The van der Waals surface area contributed by atoms with Gasteiger partial charge in [0.25, 0.3) is 5.91 Å². The van der Waals surface area contributed by atoms with E-state index in [1.807, 2.05) is 0 Å². The molecule has 0 atom stereocenters. The third-order valence-corrected chi connectivity index (χ3v) is 3.07. The number of benzene rings is 2. The molecule has 0 aromatic heterocycles. The molecular formula is C15H13FN2O2S. The first-order valence-corrected chi connectivity index (χ1v) is 6.47. The number of thiocarbonyl (C=S) groups is 1. The number of amides is 1. The molecule has 0 bridgehead atoms. The van der Waals surface area contributed by atoms with Crippen molar-refractivity contribution in [3.63, 3.8) is 0 Å². The van der Waals surface area contributed by atoms with E-state index >= 15 is 0 Å². The number of hydrogen-bond donors (Lipinski definition) is 2. The second-order valence-corrected chi connectivity index (χ2v) is 4.65. The first kappa shape index (κ1) is 14.9. The van der Waals surface area contributed by atoms with Crippen LogP contribution in [0.4, 0.5) is 10.1 Å². The quantitative estimate of drug-likeness (QED) is 0.853. The standard InChI is InChI=1S/C15H13FN2O2S/c1-20-13-8-9(6-7-11(13)16)15(19)18-12-5-3-2-4-10(12)14(17)21/h2-8H,1H3,(H2,17,21)(H,18,19). The van der Waals surface area contributed by atoms with Gasteiger partial charge >= 0.3 is 0 Å². The Balaban J connectivity index is 2.28. The lowest BCUT2D eigenvalue weighted by atomic mass is 10.1. The Hall–Kier alpha value is -2.47. The summed E-state index contributed by atoms with van der Waals surface area (Å²) in [4.78, 5) is 12.4. The SMILES string of the molecule is COc1cc(C(=O)Nc2ccccc2C(N)=S)ccc1F. The van der Waals surface area contributed by atoms with Gasteiger partial charge in [-0.05, 0) is 30.3 Å². The molecule has 6 heteroatoms. The molecule has 21 heavy (non-hydrogen) atoms. The summed E-state index contributed by atoms with van der Waals surface area (Å²) in [6.45, 7) is 0. The zero-order valence-corrected chi connectivity index (χ0v) is 12.0. The predicted octanol–water partition coefficient (Wildman–Crippen LogP) is 2.72. The fourth-order valence-electron chi connectivity index (χ4n) is 1.80. The van der Waals surface area contributed by atoms with Crippen LogP contribution in [-0.2, 0) is 0 Å². The van der Waals surface area contributed by atoms with Crippen LogP contribution in [0.1, 0.15) is 15.9 Å². The second kappa shape index (κ2) is 6.32. The lowest BCUT2D eigenvalue weighted by molar-refractivity contribution is 0.102. The number of nitrogens with one attached hydrogen (secondary N) is 1. The van der Waals surface area contributed by atoms with E-state index in [9.17, 15) is 9.18 Å². The molecule has 2 rings (SSSR count). The first-order chi connectivity index (χ1) is 10.0. The summed E-state index contributed by atoms with van der Waals surface area (Å²) in [5.41, 5.74) is 6.94. The number of rotatable bonds is 4. The highest BCUT2D eigenvalue weighted by molar-refractivity contribution is 7.80. The van der Waals surface area contributed by atoms with Gasteiger partial charge in [0.1, 0.15) is 4.99 Å². The molecule has 2 aromatic carbocycles. The Morgan fingerprint density at radius 1 is 1.29 bits per heavy atom. The van der Waals surface area contributed by atoms with Gasteiger partial charge in [-0.1, -0.05) is 24.4 Å². The molecule has 0 saturated carbocycles. The van der Waals surface area contributed by atoms with Crippen molar-refractivity contribution in [2.45, 2.75) is 0 Å². The minimum absolute atomic E-state index is 0.00489. The largest absolute Gasteiger partial charge is 0.494 e. The number of methoxy groups -OCH3 is 1. The van der Waals surface area contributed by atoms with Crippen LogP contribution in [0.5, 0.6) is 5.75 Å². The third-order valence-electron chi connectivity index (χ3n) is 2.85. The van der Waals surface area contributed by atoms with Crippen molar-refractivity contribution < 1.29 is 13.9 Å². The summed E-state index contributed by atoms with van der Waals surface area (Å²) in [7, 11) is 1.34. The van der Waals surface area contributed by atoms with E-state index in [0.717, 1.165) is 0 Å². The van der Waals surface area contributed by atoms with Gasteiger partial charge in [0.15, 0.2) is 11.6 Å². The van der Waals surface area contributed by atoms with Gasteiger partial charge in [-0.2, -0.15) is 0 Å². The highest BCUT2D eigenvalue weighted by atomic mass is 32.1. The molecule has 0 spiro atoms. The van der Waals surface area contributed by atoms with E-state index in [2.05, 4.69) is 5.32 Å². The van der Waals surface area contributed by atoms with E-state index in [0.29, 0.717) is 11.3 Å². The van der Waals surface area contributed by atoms with Crippen LogP contribution >= 0.6 is 12.2 Å². The van der Waals surface area contributed by atoms with Crippen molar-refractivity contribution in [1.29, 1.82) is 0 Å². The van der Waals surface area contributed by atoms with Gasteiger partial charge in [0.2, 0.25) is 0 Å². The van der Waals surface area contributed by atoms with Crippen LogP contribution in [0.3, 0.4) is 0 Å². The molecule has 2 aromatic rings. The average molecular weight is 304 g/mol. The summed E-state index contributed by atoms with van der Waals surface area (Å²) >= 11 is 4.93. The van der Waals surface area contributed by atoms with Crippen molar-refractivity contribution in [1.82, 2.24) is 0 Å². The van der Waals surface area contributed by atoms with Crippen LogP contribution in [-0.4, -0.2) is 18.0 Å². The molecule has 0 radical (unpaired) electrons.